The van der Waals surface area contributed by atoms with E-state index in [1.165, 1.54) is 0 Å². The molecular weight excluding hydrogens is 268 g/mol. The van der Waals surface area contributed by atoms with Crippen LogP contribution in [0.2, 0.25) is 0 Å². The van der Waals surface area contributed by atoms with E-state index >= 15 is 0 Å². The van der Waals surface area contributed by atoms with E-state index in [2.05, 4.69) is 15.6 Å². The fourth-order valence-corrected chi connectivity index (χ4v) is 2.08. The second-order valence-corrected chi connectivity index (χ2v) is 5.99. The zero-order valence-electron chi connectivity index (χ0n) is 12.7. The number of carbonyl (C=O) groups is 2. The van der Waals surface area contributed by atoms with Gasteiger partial charge in [-0.3, -0.25) is 10.1 Å². The molecule has 0 spiro atoms. The van der Waals surface area contributed by atoms with Gasteiger partial charge in [0.1, 0.15) is 12.4 Å². The minimum Gasteiger partial charge on any atom is -0.333 e. The number of fused-ring (bicyclic) bond motifs is 1. The Kier molecular flexibility index (Phi) is 3.97. The van der Waals surface area contributed by atoms with Gasteiger partial charge in [0, 0.05) is 5.54 Å². The van der Waals surface area contributed by atoms with Crippen molar-refractivity contribution in [3.05, 3.63) is 30.1 Å². The lowest BCUT2D eigenvalue weighted by Gasteiger charge is -2.20. The number of urea groups is 1. The normalized spacial score (nSPS) is 11.4. The van der Waals surface area contributed by atoms with Crippen molar-refractivity contribution >= 4 is 23.0 Å². The maximum Gasteiger partial charge on any atom is 0.321 e. The molecule has 1 aromatic heterocycles. The quantitative estimate of drug-likeness (QED) is 0.887. The topological polar surface area (TPSA) is 76.0 Å². The predicted octanol–water partition coefficient (Wildman–Crippen LogP) is 1.97. The van der Waals surface area contributed by atoms with Crippen molar-refractivity contribution in [2.45, 2.75) is 39.8 Å². The average molecular weight is 288 g/mol. The third-order valence-electron chi connectivity index (χ3n) is 2.89. The molecule has 0 unspecified atom stereocenters. The number of amides is 3. The number of imide groups is 1. The summed E-state index contributed by atoms with van der Waals surface area (Å²) in [5.74, 6) is 0.366. The average Bonchev–Trinajstić information content (AvgIpc) is 2.63. The summed E-state index contributed by atoms with van der Waals surface area (Å²) in [5, 5.41) is 5.01. The highest BCUT2D eigenvalue weighted by atomic mass is 16.2. The molecular formula is C15H20N4O2. The van der Waals surface area contributed by atoms with E-state index in [1.807, 2.05) is 52.0 Å². The molecule has 2 aromatic rings. The fraction of sp³-hybridized carbons (Fsp3) is 0.400. The molecule has 3 amide bonds. The van der Waals surface area contributed by atoms with E-state index < -0.39 is 6.03 Å². The zero-order chi connectivity index (χ0) is 15.6. The van der Waals surface area contributed by atoms with Crippen molar-refractivity contribution < 1.29 is 9.59 Å². The Labute approximate surface area is 123 Å². The van der Waals surface area contributed by atoms with Crippen LogP contribution in [0.5, 0.6) is 0 Å². The summed E-state index contributed by atoms with van der Waals surface area (Å²) in [7, 11) is 0. The number of nitrogens with one attached hydrogen (secondary N) is 2. The van der Waals surface area contributed by atoms with E-state index in [1.54, 1.807) is 4.57 Å². The molecule has 21 heavy (non-hydrogen) atoms. The van der Waals surface area contributed by atoms with E-state index in [-0.39, 0.29) is 18.0 Å². The number of imidazole rings is 1. The van der Waals surface area contributed by atoms with Crippen molar-refractivity contribution in [3.8, 4) is 0 Å². The number of rotatable bonds is 2. The Morgan fingerprint density at radius 3 is 2.57 bits per heavy atom. The summed E-state index contributed by atoms with van der Waals surface area (Å²) in [5.41, 5.74) is 1.32. The lowest BCUT2D eigenvalue weighted by Crippen LogP contribution is -2.48. The molecule has 0 atom stereocenters. The minimum absolute atomic E-state index is 0.0594. The van der Waals surface area contributed by atoms with Gasteiger partial charge in [-0.1, -0.05) is 12.1 Å². The maximum atomic E-state index is 12.0. The Balaban J connectivity index is 2.08. The van der Waals surface area contributed by atoms with Gasteiger partial charge in [-0.15, -0.1) is 0 Å². The molecule has 0 saturated carbocycles. The largest absolute Gasteiger partial charge is 0.333 e. The van der Waals surface area contributed by atoms with Gasteiger partial charge in [-0.25, -0.2) is 9.78 Å². The molecule has 6 heteroatoms. The van der Waals surface area contributed by atoms with Crippen molar-refractivity contribution in [1.82, 2.24) is 20.2 Å². The monoisotopic (exact) mass is 288 g/mol. The van der Waals surface area contributed by atoms with Crippen LogP contribution >= 0.6 is 0 Å². The molecule has 0 fully saturated rings. The highest BCUT2D eigenvalue weighted by molar-refractivity contribution is 5.95. The first-order chi connectivity index (χ1) is 9.76. The van der Waals surface area contributed by atoms with Crippen LogP contribution in [-0.2, 0) is 11.3 Å². The zero-order valence-corrected chi connectivity index (χ0v) is 12.7. The van der Waals surface area contributed by atoms with Gasteiger partial charge in [-0.05, 0) is 39.8 Å². The number of para-hydroxylation sites is 2. The molecule has 1 aromatic carbocycles. The lowest BCUT2D eigenvalue weighted by atomic mass is 10.1. The van der Waals surface area contributed by atoms with E-state index in [0.717, 1.165) is 16.9 Å². The molecule has 6 nitrogen and oxygen atoms in total. The Hall–Kier alpha value is -2.37. The van der Waals surface area contributed by atoms with Gasteiger partial charge < -0.3 is 9.88 Å². The van der Waals surface area contributed by atoms with E-state index in [4.69, 9.17) is 0 Å². The molecule has 112 valence electrons. The molecule has 1 heterocycles. The fourth-order valence-electron chi connectivity index (χ4n) is 2.08. The summed E-state index contributed by atoms with van der Waals surface area (Å²) >= 11 is 0. The first kappa shape index (κ1) is 15.0. The summed E-state index contributed by atoms with van der Waals surface area (Å²) in [6.07, 6.45) is 0. The second kappa shape index (κ2) is 5.55. The summed E-state index contributed by atoms with van der Waals surface area (Å²) in [4.78, 5) is 28.0. The van der Waals surface area contributed by atoms with Crippen LogP contribution in [0, 0.1) is 6.92 Å². The van der Waals surface area contributed by atoms with Crippen LogP contribution in [-0.4, -0.2) is 27.0 Å². The van der Waals surface area contributed by atoms with Crippen LogP contribution < -0.4 is 10.6 Å². The van der Waals surface area contributed by atoms with Crippen molar-refractivity contribution in [1.29, 1.82) is 0 Å². The van der Waals surface area contributed by atoms with Crippen LogP contribution in [0.3, 0.4) is 0 Å². The number of hydrogen-bond acceptors (Lipinski definition) is 3. The smallest absolute Gasteiger partial charge is 0.321 e. The molecule has 0 aliphatic heterocycles. The molecule has 0 aliphatic rings. The van der Waals surface area contributed by atoms with Gasteiger partial charge in [0.05, 0.1) is 11.0 Å². The molecule has 0 radical (unpaired) electrons. The maximum absolute atomic E-state index is 12.0. The van der Waals surface area contributed by atoms with Gasteiger partial charge in [0.2, 0.25) is 5.91 Å². The summed E-state index contributed by atoms with van der Waals surface area (Å²) in [6, 6.07) is 7.09. The Morgan fingerprint density at radius 2 is 1.90 bits per heavy atom. The number of nitrogens with zero attached hydrogens (tertiary/aromatic N) is 2. The van der Waals surface area contributed by atoms with E-state index in [9.17, 15) is 9.59 Å². The van der Waals surface area contributed by atoms with Crippen LogP contribution in [0.25, 0.3) is 11.0 Å². The standard InChI is InChI=1S/C15H20N4O2/c1-10-16-11-7-5-6-8-12(11)19(10)9-13(20)17-14(21)18-15(2,3)4/h5-8H,9H2,1-4H3,(H2,17,18,20,21). The van der Waals surface area contributed by atoms with Crippen molar-refractivity contribution in [2.75, 3.05) is 0 Å². The van der Waals surface area contributed by atoms with Crippen LogP contribution in [0.15, 0.2) is 24.3 Å². The summed E-state index contributed by atoms with van der Waals surface area (Å²) in [6.45, 7) is 7.45. The number of hydrogen-bond donors (Lipinski definition) is 2. The minimum atomic E-state index is -0.491. The van der Waals surface area contributed by atoms with E-state index in [0.29, 0.717) is 0 Å². The highest BCUT2D eigenvalue weighted by Crippen LogP contribution is 2.14. The second-order valence-electron chi connectivity index (χ2n) is 5.99. The lowest BCUT2D eigenvalue weighted by molar-refractivity contribution is -0.120. The first-order valence-corrected chi connectivity index (χ1v) is 6.80. The Morgan fingerprint density at radius 1 is 1.24 bits per heavy atom. The van der Waals surface area contributed by atoms with Crippen LogP contribution in [0.4, 0.5) is 4.79 Å². The number of carbonyl (C=O) groups excluding carboxylic acids is 2. The summed E-state index contributed by atoms with van der Waals surface area (Å²) < 4.78 is 1.79. The van der Waals surface area contributed by atoms with Gasteiger partial charge in [-0.2, -0.15) is 0 Å². The van der Waals surface area contributed by atoms with Gasteiger partial charge >= 0.3 is 6.03 Å². The highest BCUT2D eigenvalue weighted by Gasteiger charge is 2.17. The third kappa shape index (κ3) is 3.81. The first-order valence-electron chi connectivity index (χ1n) is 6.80. The molecule has 2 rings (SSSR count). The van der Waals surface area contributed by atoms with Crippen molar-refractivity contribution in [2.24, 2.45) is 0 Å². The van der Waals surface area contributed by atoms with Crippen LogP contribution in [0.1, 0.15) is 26.6 Å². The molecule has 0 bridgehead atoms. The third-order valence-corrected chi connectivity index (χ3v) is 2.89. The van der Waals surface area contributed by atoms with Gasteiger partial charge in [0.15, 0.2) is 0 Å². The molecule has 0 aliphatic carbocycles. The van der Waals surface area contributed by atoms with Gasteiger partial charge in [0.25, 0.3) is 0 Å². The number of aryl methyl sites for hydroxylation is 1. The van der Waals surface area contributed by atoms with Crippen molar-refractivity contribution in [3.63, 3.8) is 0 Å². The Bertz CT molecular complexity index is 683. The molecule has 2 N–H and O–H groups in total. The predicted molar refractivity (Wildman–Crippen MR) is 80.9 cm³/mol. The molecule has 0 saturated heterocycles. The number of benzene rings is 1. The number of aromatic nitrogens is 2. The SMILES string of the molecule is Cc1nc2ccccc2n1CC(=O)NC(=O)NC(C)(C)C.